The molecule has 1 rings (SSSR count). The van der Waals surface area contributed by atoms with Crippen LogP contribution in [-0.4, -0.2) is 37.6 Å². The smallest absolute Gasteiger partial charge is 0.225 e. The highest BCUT2D eigenvalue weighted by molar-refractivity contribution is 5.75. The number of carbonyl (C=O) groups is 1. The van der Waals surface area contributed by atoms with Gasteiger partial charge in [-0.2, -0.15) is 0 Å². The van der Waals surface area contributed by atoms with E-state index in [0.29, 0.717) is 13.1 Å². The van der Waals surface area contributed by atoms with Gasteiger partial charge >= 0.3 is 0 Å². The molecule has 1 aromatic carbocycles. The third kappa shape index (κ3) is 5.21. The van der Waals surface area contributed by atoms with E-state index in [0.717, 1.165) is 18.6 Å². The normalized spacial score (nSPS) is 10.3. The number of carbonyl (C=O) groups excluding carboxylic acids is 1. The summed E-state index contributed by atoms with van der Waals surface area (Å²) in [7, 11) is 1.69. The second kappa shape index (κ2) is 7.68. The minimum atomic E-state index is -0.969. The van der Waals surface area contributed by atoms with E-state index in [4.69, 9.17) is 10.5 Å². The van der Waals surface area contributed by atoms with Crippen LogP contribution in [0.4, 0.5) is 8.78 Å². The molecule has 0 atom stereocenters. The van der Waals surface area contributed by atoms with E-state index < -0.39 is 11.6 Å². The van der Waals surface area contributed by atoms with Crippen molar-refractivity contribution in [2.24, 2.45) is 5.73 Å². The van der Waals surface area contributed by atoms with Gasteiger partial charge in [-0.05, 0) is 25.1 Å². The summed E-state index contributed by atoms with van der Waals surface area (Å²) in [5.41, 5.74) is 5.35. The van der Waals surface area contributed by atoms with Crippen molar-refractivity contribution in [2.75, 3.05) is 26.7 Å². The summed E-state index contributed by atoms with van der Waals surface area (Å²) in [5.74, 6) is -1.76. The lowest BCUT2D eigenvalue weighted by atomic mass is 10.3. The Bertz CT molecular complexity index is 427. The highest BCUT2D eigenvalue weighted by Gasteiger charge is 2.09. The Balaban J connectivity index is 2.33. The number of nitrogens with two attached hydrogens (primary N) is 1. The van der Waals surface area contributed by atoms with Gasteiger partial charge in [-0.3, -0.25) is 4.79 Å². The minimum Gasteiger partial charge on any atom is -0.493 e. The molecule has 0 aliphatic rings. The monoisotopic (exact) mass is 272 g/mol. The molecule has 2 N–H and O–H groups in total. The largest absolute Gasteiger partial charge is 0.493 e. The highest BCUT2D eigenvalue weighted by Crippen LogP contribution is 2.15. The molecule has 0 radical (unpaired) electrons. The molecule has 0 aromatic heterocycles. The van der Waals surface area contributed by atoms with Gasteiger partial charge in [0.25, 0.3) is 0 Å². The van der Waals surface area contributed by atoms with Gasteiger partial charge < -0.3 is 15.4 Å². The van der Waals surface area contributed by atoms with Crippen LogP contribution in [-0.2, 0) is 4.79 Å². The zero-order valence-corrected chi connectivity index (χ0v) is 10.9. The summed E-state index contributed by atoms with van der Waals surface area (Å²) in [6.45, 7) is 1.25. The van der Waals surface area contributed by atoms with E-state index in [9.17, 15) is 13.6 Å². The first-order chi connectivity index (χ1) is 9.04. The summed E-state index contributed by atoms with van der Waals surface area (Å²) >= 11 is 0. The lowest BCUT2D eigenvalue weighted by Crippen LogP contribution is -2.30. The molecule has 106 valence electrons. The van der Waals surface area contributed by atoms with E-state index >= 15 is 0 Å². The van der Waals surface area contributed by atoms with Crippen molar-refractivity contribution in [3.63, 3.8) is 0 Å². The Kier molecular flexibility index (Phi) is 6.21. The van der Waals surface area contributed by atoms with E-state index in [1.807, 2.05) is 0 Å². The summed E-state index contributed by atoms with van der Waals surface area (Å²) in [5, 5.41) is 0. The van der Waals surface area contributed by atoms with Crippen molar-refractivity contribution in [3.8, 4) is 5.75 Å². The average Bonchev–Trinajstić information content (AvgIpc) is 2.39. The average molecular weight is 272 g/mol. The van der Waals surface area contributed by atoms with E-state index in [1.165, 1.54) is 6.07 Å². The Morgan fingerprint density at radius 1 is 1.37 bits per heavy atom. The molecule has 1 aromatic rings. The molecule has 0 fully saturated rings. The van der Waals surface area contributed by atoms with Crippen LogP contribution in [0.15, 0.2) is 18.2 Å². The molecule has 0 spiro atoms. The first-order valence-corrected chi connectivity index (χ1v) is 6.06. The maximum absolute atomic E-state index is 12.9. The number of hydrogen-bond acceptors (Lipinski definition) is 3. The van der Waals surface area contributed by atoms with Crippen LogP contribution in [0, 0.1) is 11.6 Å². The second-order valence-corrected chi connectivity index (χ2v) is 4.13. The molecule has 0 saturated carbocycles. The maximum atomic E-state index is 12.9. The van der Waals surface area contributed by atoms with Crippen molar-refractivity contribution in [1.82, 2.24) is 4.90 Å². The first-order valence-electron chi connectivity index (χ1n) is 6.06. The molecule has 0 heterocycles. The third-order valence-electron chi connectivity index (χ3n) is 2.60. The number of ether oxygens (including phenoxy) is 1. The van der Waals surface area contributed by atoms with Gasteiger partial charge in [0, 0.05) is 19.7 Å². The fraction of sp³-hybridized carbons (Fsp3) is 0.462. The van der Waals surface area contributed by atoms with Crippen LogP contribution in [0.1, 0.15) is 12.8 Å². The minimum absolute atomic E-state index is 0.0731. The van der Waals surface area contributed by atoms with Gasteiger partial charge in [0.2, 0.25) is 5.91 Å². The van der Waals surface area contributed by atoms with Gasteiger partial charge in [-0.15, -0.1) is 0 Å². The Labute approximate surface area is 111 Å². The first kappa shape index (κ1) is 15.4. The lowest BCUT2D eigenvalue weighted by molar-refractivity contribution is -0.130. The van der Waals surface area contributed by atoms with Crippen LogP contribution in [0.2, 0.25) is 0 Å². The second-order valence-electron chi connectivity index (χ2n) is 4.13. The number of hydrogen-bond donors (Lipinski definition) is 1. The van der Waals surface area contributed by atoms with Gasteiger partial charge in [-0.1, -0.05) is 0 Å². The van der Waals surface area contributed by atoms with Gasteiger partial charge in [0.1, 0.15) is 5.75 Å². The molecule has 0 unspecified atom stereocenters. The summed E-state index contributed by atoms with van der Waals surface area (Å²) in [6.07, 6.45) is 0.923. The van der Waals surface area contributed by atoms with Crippen molar-refractivity contribution >= 4 is 5.91 Å². The molecule has 6 heteroatoms. The van der Waals surface area contributed by atoms with Gasteiger partial charge in [0.15, 0.2) is 11.6 Å². The van der Waals surface area contributed by atoms with Crippen molar-refractivity contribution < 1.29 is 18.3 Å². The molecular formula is C13H18F2N2O2. The summed E-state index contributed by atoms with van der Waals surface area (Å²) in [6, 6.07) is 3.26. The predicted molar refractivity (Wildman–Crippen MR) is 67.8 cm³/mol. The number of benzene rings is 1. The standard InChI is InChI=1S/C13H18F2N2O2/c1-17(7-2-6-16)13(18)5-8-19-10-3-4-11(14)12(15)9-10/h3-4,9H,2,5-8,16H2,1H3. The van der Waals surface area contributed by atoms with E-state index in [-0.39, 0.29) is 24.7 Å². The quantitative estimate of drug-likeness (QED) is 0.819. The predicted octanol–water partition coefficient (Wildman–Crippen LogP) is 1.54. The van der Waals surface area contributed by atoms with Gasteiger partial charge in [-0.25, -0.2) is 8.78 Å². The van der Waals surface area contributed by atoms with Crippen LogP contribution >= 0.6 is 0 Å². The Morgan fingerprint density at radius 2 is 2.11 bits per heavy atom. The molecule has 0 saturated heterocycles. The molecular weight excluding hydrogens is 254 g/mol. The number of amides is 1. The molecule has 0 bridgehead atoms. The Hall–Kier alpha value is -1.69. The molecule has 0 aliphatic carbocycles. The molecule has 1 amide bonds. The zero-order chi connectivity index (χ0) is 14.3. The van der Waals surface area contributed by atoms with Crippen LogP contribution in [0.5, 0.6) is 5.75 Å². The van der Waals surface area contributed by atoms with Crippen molar-refractivity contribution in [1.29, 1.82) is 0 Å². The molecule has 0 aliphatic heterocycles. The molecule has 4 nitrogen and oxygen atoms in total. The SMILES string of the molecule is CN(CCCN)C(=O)CCOc1ccc(F)c(F)c1. The van der Waals surface area contributed by atoms with Crippen LogP contribution < -0.4 is 10.5 Å². The zero-order valence-electron chi connectivity index (χ0n) is 10.9. The summed E-state index contributed by atoms with van der Waals surface area (Å²) in [4.78, 5) is 13.2. The lowest BCUT2D eigenvalue weighted by Gasteiger charge is -2.16. The van der Waals surface area contributed by atoms with Crippen LogP contribution in [0.3, 0.4) is 0 Å². The third-order valence-corrected chi connectivity index (χ3v) is 2.60. The summed E-state index contributed by atoms with van der Waals surface area (Å²) < 4.78 is 30.8. The van der Waals surface area contributed by atoms with Crippen molar-refractivity contribution in [2.45, 2.75) is 12.8 Å². The number of nitrogens with zero attached hydrogens (tertiary/aromatic N) is 1. The van der Waals surface area contributed by atoms with Gasteiger partial charge in [0.05, 0.1) is 13.0 Å². The topological polar surface area (TPSA) is 55.6 Å². The fourth-order valence-corrected chi connectivity index (χ4v) is 1.47. The maximum Gasteiger partial charge on any atom is 0.225 e. The number of rotatable bonds is 7. The highest BCUT2D eigenvalue weighted by atomic mass is 19.2. The molecule has 19 heavy (non-hydrogen) atoms. The van der Waals surface area contributed by atoms with Crippen LogP contribution in [0.25, 0.3) is 0 Å². The van der Waals surface area contributed by atoms with E-state index in [2.05, 4.69) is 0 Å². The van der Waals surface area contributed by atoms with E-state index in [1.54, 1.807) is 11.9 Å². The number of halogens is 2. The fourth-order valence-electron chi connectivity index (χ4n) is 1.47. The van der Waals surface area contributed by atoms with Crippen molar-refractivity contribution in [3.05, 3.63) is 29.8 Å². The Morgan fingerprint density at radius 3 is 2.74 bits per heavy atom.